The van der Waals surface area contributed by atoms with Gasteiger partial charge in [-0.3, -0.25) is 5.32 Å². The first-order valence-corrected chi connectivity index (χ1v) is 16.0. The lowest BCUT2D eigenvalue weighted by Crippen LogP contribution is -2.45. The van der Waals surface area contributed by atoms with Gasteiger partial charge in [-0.25, -0.2) is 9.98 Å². The molecule has 0 bridgehead atoms. The Balaban J connectivity index is 1.08. The normalized spacial score (nSPS) is 16.7. The van der Waals surface area contributed by atoms with Crippen molar-refractivity contribution in [3.05, 3.63) is 162 Å². The fraction of sp³-hybridized carbons (Fsp3) is 0.0476. The number of nitrogens with one attached hydrogen (secondary N) is 2. The smallest absolute Gasteiger partial charge is 0.228 e. The molecule has 0 amide bonds. The van der Waals surface area contributed by atoms with Gasteiger partial charge < -0.3 is 9.73 Å². The van der Waals surface area contributed by atoms with Crippen LogP contribution in [0.3, 0.4) is 0 Å². The first kappa shape index (κ1) is 26.2. The summed E-state index contributed by atoms with van der Waals surface area (Å²) in [6.07, 6.45) is 1.46. The molecule has 0 saturated carbocycles. The first-order valence-electron chi connectivity index (χ1n) is 16.0. The summed E-state index contributed by atoms with van der Waals surface area (Å²) in [5.74, 6) is 0.804. The van der Waals surface area contributed by atoms with Crippen LogP contribution in [0.4, 0.5) is 0 Å². The Morgan fingerprint density at radius 2 is 1.28 bits per heavy atom. The second-order valence-corrected chi connectivity index (χ2v) is 12.3. The molecule has 6 aromatic carbocycles. The Hall–Kier alpha value is -6.04. The third-order valence-corrected chi connectivity index (χ3v) is 9.58. The van der Waals surface area contributed by atoms with Crippen molar-refractivity contribution in [3.63, 3.8) is 0 Å². The summed E-state index contributed by atoms with van der Waals surface area (Å²) in [5, 5.41) is 12.0. The van der Waals surface area contributed by atoms with Crippen molar-refractivity contribution in [2.45, 2.75) is 12.3 Å². The molecule has 1 aliphatic carbocycles. The number of hydrogen-bond acceptors (Lipinski definition) is 5. The lowest BCUT2D eigenvalue weighted by Gasteiger charge is -2.32. The monoisotopic (exact) mass is 604 g/mol. The van der Waals surface area contributed by atoms with Crippen LogP contribution in [0.2, 0.25) is 0 Å². The number of fused-ring (bicyclic) bond motifs is 6. The van der Waals surface area contributed by atoms with Gasteiger partial charge in [0, 0.05) is 17.1 Å². The largest absolute Gasteiger partial charge is 0.438 e. The quantitative estimate of drug-likeness (QED) is 0.210. The van der Waals surface area contributed by atoms with Crippen molar-refractivity contribution in [3.8, 4) is 33.4 Å². The van der Waals surface area contributed by atoms with E-state index in [1.165, 1.54) is 33.0 Å². The molecule has 5 heteroatoms. The SMILES string of the molecule is c1ccc(C2N=C(c3ccnc4oc5cc(-c6ccc7c(c6)-c6cccc8cccc-7c68)ccc5c34)NC(c3ccccc3)N2)cc1. The minimum atomic E-state index is -0.220. The highest BCUT2D eigenvalue weighted by Crippen LogP contribution is 2.48. The lowest BCUT2D eigenvalue weighted by atomic mass is 9.96. The number of benzene rings is 6. The number of rotatable bonds is 4. The molecule has 0 spiro atoms. The van der Waals surface area contributed by atoms with Gasteiger partial charge in [0.1, 0.15) is 23.8 Å². The summed E-state index contributed by atoms with van der Waals surface area (Å²) in [5.41, 5.74) is 12.0. The average Bonchev–Trinajstić information content (AvgIpc) is 3.68. The topological polar surface area (TPSA) is 62.5 Å². The Bertz CT molecular complexity index is 2530. The van der Waals surface area contributed by atoms with E-state index < -0.39 is 0 Å². The van der Waals surface area contributed by atoms with Crippen molar-refractivity contribution < 1.29 is 4.42 Å². The Morgan fingerprint density at radius 3 is 2.09 bits per heavy atom. The molecule has 2 N–H and O–H groups in total. The molecule has 3 heterocycles. The van der Waals surface area contributed by atoms with Gasteiger partial charge in [0.2, 0.25) is 5.71 Å². The van der Waals surface area contributed by atoms with Gasteiger partial charge in [-0.15, -0.1) is 0 Å². The molecule has 10 rings (SSSR count). The maximum absolute atomic E-state index is 6.45. The van der Waals surface area contributed by atoms with Crippen molar-refractivity contribution in [1.82, 2.24) is 15.6 Å². The standard InChI is InChI=1S/C42H28N4O/c1-3-9-26(10-4-1)39-44-40(27-11-5-2-6-12-27)46-41(45-39)34-21-22-43-42-38(34)33-20-18-29(24-36(33)47-42)28-17-19-30-31-15-7-13-25-14-8-16-32(37(25)31)35(30)23-28/h1-24,39-40,44H,(H,45,46). The van der Waals surface area contributed by atoms with E-state index in [2.05, 4.69) is 137 Å². The van der Waals surface area contributed by atoms with Crippen LogP contribution in [0.25, 0.3) is 66.2 Å². The first-order chi connectivity index (χ1) is 23.3. The molecule has 0 fully saturated rings. The molecule has 2 aromatic heterocycles. The number of aromatic nitrogens is 1. The maximum atomic E-state index is 6.45. The van der Waals surface area contributed by atoms with E-state index in [0.717, 1.165) is 50.0 Å². The van der Waals surface area contributed by atoms with Crippen molar-refractivity contribution >= 4 is 38.7 Å². The van der Waals surface area contributed by atoms with E-state index in [1.807, 2.05) is 18.2 Å². The van der Waals surface area contributed by atoms with E-state index in [-0.39, 0.29) is 12.3 Å². The lowest BCUT2D eigenvalue weighted by molar-refractivity contribution is 0.409. The van der Waals surface area contributed by atoms with Crippen LogP contribution in [0, 0.1) is 0 Å². The van der Waals surface area contributed by atoms with E-state index >= 15 is 0 Å². The van der Waals surface area contributed by atoms with Crippen molar-refractivity contribution in [1.29, 1.82) is 0 Å². The maximum Gasteiger partial charge on any atom is 0.228 e. The molecular weight excluding hydrogens is 576 g/mol. The minimum absolute atomic E-state index is 0.126. The zero-order valence-electron chi connectivity index (χ0n) is 25.3. The zero-order valence-corrected chi connectivity index (χ0v) is 25.3. The summed E-state index contributed by atoms with van der Waals surface area (Å²) in [7, 11) is 0. The van der Waals surface area contributed by atoms with Crippen LogP contribution in [-0.4, -0.2) is 10.8 Å². The van der Waals surface area contributed by atoms with Crippen LogP contribution in [-0.2, 0) is 0 Å². The van der Waals surface area contributed by atoms with Crippen LogP contribution < -0.4 is 10.6 Å². The van der Waals surface area contributed by atoms with E-state index in [1.54, 1.807) is 6.20 Å². The van der Waals surface area contributed by atoms with Crippen molar-refractivity contribution in [2.24, 2.45) is 4.99 Å². The zero-order chi connectivity index (χ0) is 30.9. The van der Waals surface area contributed by atoms with Crippen LogP contribution in [0.5, 0.6) is 0 Å². The number of furan rings is 1. The molecule has 222 valence electrons. The fourth-order valence-corrected chi connectivity index (χ4v) is 7.36. The highest BCUT2D eigenvalue weighted by molar-refractivity contribution is 6.18. The van der Waals surface area contributed by atoms with Crippen molar-refractivity contribution in [2.75, 3.05) is 0 Å². The molecule has 8 aromatic rings. The number of hydrogen-bond donors (Lipinski definition) is 2. The predicted octanol–water partition coefficient (Wildman–Crippen LogP) is 9.79. The second-order valence-electron chi connectivity index (χ2n) is 12.3. The molecule has 2 atom stereocenters. The van der Waals surface area contributed by atoms with E-state index in [9.17, 15) is 0 Å². The number of aliphatic imine (C=N–C) groups is 1. The fourth-order valence-electron chi connectivity index (χ4n) is 7.36. The third-order valence-electron chi connectivity index (χ3n) is 9.58. The van der Waals surface area contributed by atoms with Gasteiger partial charge in [-0.2, -0.15) is 0 Å². The molecular formula is C42H28N4O. The Labute approximate surface area is 271 Å². The van der Waals surface area contributed by atoms with Crippen LogP contribution >= 0.6 is 0 Å². The Kier molecular flexibility index (Phi) is 5.71. The second kappa shape index (κ2) is 10.2. The molecule has 0 radical (unpaired) electrons. The molecule has 1 aliphatic heterocycles. The van der Waals surface area contributed by atoms with Crippen LogP contribution in [0.15, 0.2) is 155 Å². The highest BCUT2D eigenvalue weighted by atomic mass is 16.3. The molecule has 0 saturated heterocycles. The van der Waals surface area contributed by atoms with Gasteiger partial charge in [0.25, 0.3) is 0 Å². The summed E-state index contributed by atoms with van der Waals surface area (Å²) < 4.78 is 6.45. The number of nitrogens with zero attached hydrogens (tertiary/aromatic N) is 2. The van der Waals surface area contributed by atoms with Gasteiger partial charge in [0.15, 0.2) is 0 Å². The van der Waals surface area contributed by atoms with Gasteiger partial charge in [-0.05, 0) is 79.5 Å². The van der Waals surface area contributed by atoms with Gasteiger partial charge in [-0.1, -0.05) is 115 Å². The van der Waals surface area contributed by atoms with Gasteiger partial charge in [0.05, 0.1) is 5.39 Å². The van der Waals surface area contributed by atoms with Gasteiger partial charge >= 0.3 is 0 Å². The number of amidine groups is 1. The summed E-state index contributed by atoms with van der Waals surface area (Å²) >= 11 is 0. The summed E-state index contributed by atoms with van der Waals surface area (Å²) in [6, 6.07) is 49.3. The van der Waals surface area contributed by atoms with Crippen LogP contribution in [0.1, 0.15) is 29.0 Å². The number of pyridine rings is 1. The molecule has 5 nitrogen and oxygen atoms in total. The molecule has 2 unspecified atom stereocenters. The van der Waals surface area contributed by atoms with E-state index in [4.69, 9.17) is 9.41 Å². The molecule has 2 aliphatic rings. The average molecular weight is 605 g/mol. The van der Waals surface area contributed by atoms with E-state index in [0.29, 0.717) is 5.71 Å². The molecule has 47 heavy (non-hydrogen) atoms. The minimum Gasteiger partial charge on any atom is -0.438 e. The predicted molar refractivity (Wildman–Crippen MR) is 190 cm³/mol. The summed E-state index contributed by atoms with van der Waals surface area (Å²) in [4.78, 5) is 9.85. The Morgan fingerprint density at radius 1 is 0.553 bits per heavy atom. The third kappa shape index (κ3) is 4.14. The highest BCUT2D eigenvalue weighted by Gasteiger charge is 2.27. The summed E-state index contributed by atoms with van der Waals surface area (Å²) in [6.45, 7) is 0.